The van der Waals surface area contributed by atoms with Gasteiger partial charge in [-0.1, -0.05) is 11.6 Å². The van der Waals surface area contributed by atoms with Crippen molar-refractivity contribution < 1.29 is 13.9 Å². The third-order valence-corrected chi connectivity index (χ3v) is 3.58. The second-order valence-corrected chi connectivity index (χ2v) is 5.45. The fraction of sp³-hybridized carbons (Fsp3) is 0.500. The number of halogens is 2. The van der Waals surface area contributed by atoms with Gasteiger partial charge in [0.25, 0.3) is 0 Å². The van der Waals surface area contributed by atoms with E-state index in [2.05, 4.69) is 5.32 Å². The monoisotopic (exact) mass is 300 g/mol. The molecule has 1 heterocycles. The van der Waals surface area contributed by atoms with Crippen LogP contribution in [0.15, 0.2) is 18.2 Å². The van der Waals surface area contributed by atoms with Gasteiger partial charge in [-0.25, -0.2) is 4.39 Å². The van der Waals surface area contributed by atoms with Crippen molar-refractivity contribution in [1.82, 2.24) is 4.90 Å². The number of methoxy groups -OCH3 is 1. The molecule has 0 aromatic heterocycles. The molecule has 0 spiro atoms. The van der Waals surface area contributed by atoms with Crippen molar-refractivity contribution in [3.63, 3.8) is 0 Å². The smallest absolute Gasteiger partial charge is 0.238 e. The molecule has 1 saturated heterocycles. The molecule has 20 heavy (non-hydrogen) atoms. The first-order chi connectivity index (χ1) is 9.58. The van der Waals surface area contributed by atoms with E-state index in [4.69, 9.17) is 16.3 Å². The maximum atomic E-state index is 13.6. The first kappa shape index (κ1) is 15.2. The van der Waals surface area contributed by atoms with Crippen LogP contribution < -0.4 is 5.32 Å². The van der Waals surface area contributed by atoms with E-state index in [1.54, 1.807) is 13.2 Å². The van der Waals surface area contributed by atoms with Gasteiger partial charge >= 0.3 is 0 Å². The first-order valence-corrected chi connectivity index (χ1v) is 6.92. The maximum Gasteiger partial charge on any atom is 0.238 e. The highest BCUT2D eigenvalue weighted by Gasteiger charge is 2.24. The van der Waals surface area contributed by atoms with Gasteiger partial charge in [0.05, 0.1) is 18.8 Å². The van der Waals surface area contributed by atoms with Gasteiger partial charge in [0.1, 0.15) is 5.82 Å². The van der Waals surface area contributed by atoms with Crippen molar-refractivity contribution in [3.05, 3.63) is 29.0 Å². The predicted octanol–water partition coefficient (Wildman–Crippen LogP) is 2.39. The van der Waals surface area contributed by atoms with Gasteiger partial charge in [-0.05, 0) is 37.1 Å². The van der Waals surface area contributed by atoms with Gasteiger partial charge in [-0.3, -0.25) is 9.69 Å². The molecule has 1 fully saturated rings. The molecule has 1 aliphatic heterocycles. The number of anilines is 1. The van der Waals surface area contributed by atoms with Crippen molar-refractivity contribution in [3.8, 4) is 0 Å². The number of amides is 1. The molecule has 1 amide bonds. The standard InChI is InChI=1S/C14H18ClFN2O2/c1-20-9-10-4-5-18(7-10)8-14(19)17-13-3-2-11(15)6-12(13)16/h2-3,6,10H,4-5,7-9H2,1H3,(H,17,19). The van der Waals surface area contributed by atoms with E-state index >= 15 is 0 Å². The second-order valence-electron chi connectivity index (χ2n) is 5.02. The molecule has 6 heteroatoms. The number of likely N-dealkylation sites (tertiary alicyclic amines) is 1. The molecule has 1 aliphatic rings. The van der Waals surface area contributed by atoms with Crippen molar-refractivity contribution in [2.24, 2.45) is 5.92 Å². The minimum atomic E-state index is -0.524. The SMILES string of the molecule is COCC1CCN(CC(=O)Nc2ccc(Cl)cc2F)C1. The Bertz CT molecular complexity index is 484. The summed E-state index contributed by atoms with van der Waals surface area (Å²) in [4.78, 5) is 13.9. The average molecular weight is 301 g/mol. The number of rotatable bonds is 5. The molecule has 0 radical (unpaired) electrons. The van der Waals surface area contributed by atoms with Crippen LogP contribution in [0.4, 0.5) is 10.1 Å². The van der Waals surface area contributed by atoms with E-state index < -0.39 is 5.82 Å². The van der Waals surface area contributed by atoms with Crippen molar-refractivity contribution in [2.45, 2.75) is 6.42 Å². The molecule has 4 nitrogen and oxygen atoms in total. The Hall–Kier alpha value is -1.17. The van der Waals surface area contributed by atoms with Gasteiger partial charge in [-0.2, -0.15) is 0 Å². The Morgan fingerprint density at radius 3 is 3.10 bits per heavy atom. The van der Waals surface area contributed by atoms with Crippen LogP contribution in [0.25, 0.3) is 0 Å². The van der Waals surface area contributed by atoms with Gasteiger partial charge in [0, 0.05) is 18.7 Å². The molecule has 0 aliphatic carbocycles. The molecule has 1 unspecified atom stereocenters. The van der Waals surface area contributed by atoms with Crippen molar-refractivity contribution in [1.29, 1.82) is 0 Å². The lowest BCUT2D eigenvalue weighted by molar-refractivity contribution is -0.117. The molecule has 0 bridgehead atoms. The summed E-state index contributed by atoms with van der Waals surface area (Å²) in [5.74, 6) is -0.270. The lowest BCUT2D eigenvalue weighted by Crippen LogP contribution is -2.32. The van der Waals surface area contributed by atoms with Crippen molar-refractivity contribution >= 4 is 23.2 Å². The van der Waals surface area contributed by atoms with Crippen LogP contribution in [0.2, 0.25) is 5.02 Å². The Kier molecular flexibility index (Phi) is 5.34. The van der Waals surface area contributed by atoms with Crippen LogP contribution in [-0.4, -0.2) is 44.2 Å². The minimum Gasteiger partial charge on any atom is -0.384 e. The highest BCUT2D eigenvalue weighted by atomic mass is 35.5. The number of hydrogen-bond acceptors (Lipinski definition) is 3. The molecule has 1 atom stereocenters. The Morgan fingerprint density at radius 2 is 2.40 bits per heavy atom. The summed E-state index contributed by atoms with van der Waals surface area (Å²) in [6.07, 6.45) is 1.02. The number of hydrogen-bond donors (Lipinski definition) is 1. The lowest BCUT2D eigenvalue weighted by atomic mass is 10.1. The number of ether oxygens (including phenoxy) is 1. The summed E-state index contributed by atoms with van der Waals surface area (Å²) in [5, 5.41) is 2.87. The normalized spacial score (nSPS) is 19.2. The summed E-state index contributed by atoms with van der Waals surface area (Å²) in [6.45, 7) is 2.68. The number of benzene rings is 1. The third kappa shape index (κ3) is 4.16. The Morgan fingerprint density at radius 1 is 1.60 bits per heavy atom. The van der Waals surface area contributed by atoms with E-state index in [0.717, 1.165) is 19.5 Å². The van der Waals surface area contributed by atoms with Crippen LogP contribution >= 0.6 is 11.6 Å². The summed E-state index contributed by atoms with van der Waals surface area (Å²) < 4.78 is 18.7. The predicted molar refractivity (Wildman–Crippen MR) is 76.5 cm³/mol. The fourth-order valence-electron chi connectivity index (χ4n) is 2.41. The Balaban J connectivity index is 1.84. The van der Waals surface area contributed by atoms with Crippen LogP contribution in [0, 0.1) is 11.7 Å². The summed E-state index contributed by atoms with van der Waals surface area (Å²) in [5.41, 5.74) is 0.159. The van der Waals surface area contributed by atoms with Gasteiger partial charge in [-0.15, -0.1) is 0 Å². The highest BCUT2D eigenvalue weighted by molar-refractivity contribution is 6.30. The zero-order valence-corrected chi connectivity index (χ0v) is 12.1. The van der Waals surface area contributed by atoms with Gasteiger partial charge in [0.2, 0.25) is 5.91 Å². The summed E-state index contributed by atoms with van der Waals surface area (Å²) >= 11 is 5.66. The van der Waals surface area contributed by atoms with Crippen LogP contribution in [0.3, 0.4) is 0 Å². The highest BCUT2D eigenvalue weighted by Crippen LogP contribution is 2.19. The second kappa shape index (κ2) is 7.02. The Labute approximate surface area is 122 Å². The largest absolute Gasteiger partial charge is 0.384 e. The molecule has 2 rings (SSSR count). The minimum absolute atomic E-state index is 0.159. The average Bonchev–Trinajstić information content (AvgIpc) is 2.81. The van der Waals surface area contributed by atoms with Gasteiger partial charge < -0.3 is 10.1 Å². The van der Waals surface area contributed by atoms with E-state index in [-0.39, 0.29) is 18.1 Å². The van der Waals surface area contributed by atoms with Crippen LogP contribution in [0.5, 0.6) is 0 Å². The molecule has 1 aromatic rings. The van der Waals surface area contributed by atoms with E-state index in [1.807, 2.05) is 4.90 Å². The maximum absolute atomic E-state index is 13.6. The van der Waals surface area contributed by atoms with E-state index in [1.165, 1.54) is 12.1 Å². The van der Waals surface area contributed by atoms with E-state index in [9.17, 15) is 9.18 Å². The quantitative estimate of drug-likeness (QED) is 0.908. The number of nitrogens with one attached hydrogen (secondary N) is 1. The van der Waals surface area contributed by atoms with Crippen LogP contribution in [-0.2, 0) is 9.53 Å². The summed E-state index contributed by atoms with van der Waals surface area (Å²) in [6, 6.07) is 4.19. The molecule has 0 saturated carbocycles. The third-order valence-electron chi connectivity index (χ3n) is 3.34. The molecular weight excluding hydrogens is 283 g/mol. The van der Waals surface area contributed by atoms with Crippen LogP contribution in [0.1, 0.15) is 6.42 Å². The summed E-state index contributed by atoms with van der Waals surface area (Å²) in [7, 11) is 1.68. The zero-order valence-electron chi connectivity index (χ0n) is 11.4. The molecule has 1 N–H and O–H groups in total. The molecule has 110 valence electrons. The number of carbonyl (C=O) groups excluding carboxylic acids is 1. The van der Waals surface area contributed by atoms with Gasteiger partial charge in [0.15, 0.2) is 0 Å². The molecule has 1 aromatic carbocycles. The zero-order chi connectivity index (χ0) is 14.5. The van der Waals surface area contributed by atoms with E-state index in [0.29, 0.717) is 17.5 Å². The fourth-order valence-corrected chi connectivity index (χ4v) is 2.57. The number of nitrogens with zero attached hydrogens (tertiary/aromatic N) is 1. The lowest BCUT2D eigenvalue weighted by Gasteiger charge is -2.15. The molecular formula is C14H18ClFN2O2. The van der Waals surface area contributed by atoms with Crippen molar-refractivity contribution in [2.75, 3.05) is 38.7 Å². The first-order valence-electron chi connectivity index (χ1n) is 6.54. The topological polar surface area (TPSA) is 41.6 Å². The number of carbonyl (C=O) groups is 1.